The highest BCUT2D eigenvalue weighted by Crippen LogP contribution is 2.68. The van der Waals surface area contributed by atoms with Gasteiger partial charge in [-0.3, -0.25) is 0 Å². The maximum atomic E-state index is 5.42. The fourth-order valence-electron chi connectivity index (χ4n) is 12.7. The number of rotatable bonds is 12. The molecule has 1 unspecified atom stereocenters. The lowest BCUT2D eigenvalue weighted by molar-refractivity contribution is 0.743. The minimum Gasteiger partial charge on any atom is -0.163 e. The van der Waals surface area contributed by atoms with Crippen LogP contribution in [-0.4, -0.2) is 18.9 Å². The van der Waals surface area contributed by atoms with Gasteiger partial charge in [0.25, 0.3) is 0 Å². The minimum atomic E-state index is -2.53. The molecule has 0 heterocycles. The maximum absolute atomic E-state index is 5.42. The Morgan fingerprint density at radius 2 is 0.790 bits per heavy atom. The zero-order valence-electron chi connectivity index (χ0n) is 45.8. The first-order valence-corrected chi connectivity index (χ1v) is 35.1. The van der Waals surface area contributed by atoms with E-state index in [1.54, 1.807) is 0 Å². The lowest BCUT2D eigenvalue weighted by Gasteiger charge is -2.41. The number of benzene rings is 11. The fraction of sp³-hybridized carbons (Fsp3) is 0.0390. The molecule has 2 aliphatic carbocycles. The van der Waals surface area contributed by atoms with Crippen LogP contribution in [0.5, 0.6) is 0 Å². The molecule has 11 aromatic rings. The molecule has 0 radical (unpaired) electrons. The molecule has 4 heteroatoms. The van der Waals surface area contributed by atoms with Crippen molar-refractivity contribution < 1.29 is 0 Å². The molecule has 0 bridgehead atoms. The van der Waals surface area contributed by atoms with Crippen LogP contribution in [0.4, 0.5) is 0 Å². The Balaban J connectivity index is 1.19. The van der Waals surface area contributed by atoms with Gasteiger partial charge in [-0.2, -0.15) is 10.0 Å². The summed E-state index contributed by atoms with van der Waals surface area (Å²) in [7, 11) is -2.78. The standard InChI is InChI=1S/C77H63P3S/c1-58-54-67(79(2,63-35-17-7-18-36-63)64-37-19-8-20-38-64)43-29-30-59-48-50-68(80(3,65-39-21-9-22-40-65)66-41-23-10-24-42-66)56-74(59)77(58)75-55-62(78(60-31-13-5-14-32-60)61-33-15-6-16-34-61)49-52-72(75)73-53-51-71(57-76(73)77)81(4,69-44-25-11-26-45-69)70-46-27-12-28-47-70/h5-57H,2-3H2,1,4H3/b30-29+,58-54+,67-43+. The molecule has 0 saturated carbocycles. The SMILES string of the molecule is C=P(C1=C/C=C/c2ccc(P(=C)(c3ccccc3)c3ccccc3)cc2C2(\C(C)=C\1)c1cc(P(c3ccccc3)c3ccccc3)ccc1-c1ccc(S(C)(c3ccccc3)c3ccccc3)cc12)(c1ccccc1)c1ccccc1. The van der Waals surface area contributed by atoms with E-state index >= 15 is 0 Å². The molecule has 0 amide bonds. The van der Waals surface area contributed by atoms with Gasteiger partial charge in [0.05, 0.1) is 5.41 Å². The molecule has 1 atom stereocenters. The molecule has 0 fully saturated rings. The number of allylic oxidation sites excluding steroid dienone is 5. The van der Waals surface area contributed by atoms with Crippen molar-refractivity contribution in [1.29, 1.82) is 0 Å². The lowest BCUT2D eigenvalue weighted by atomic mass is 9.66. The molecular formula is C77H63P3S. The molecule has 81 heavy (non-hydrogen) atoms. The van der Waals surface area contributed by atoms with Crippen LogP contribution in [0.3, 0.4) is 0 Å². The highest BCUT2D eigenvalue weighted by molar-refractivity contribution is 8.33. The van der Waals surface area contributed by atoms with E-state index in [0.29, 0.717) is 0 Å². The topological polar surface area (TPSA) is 0 Å². The van der Waals surface area contributed by atoms with E-state index in [0.717, 1.165) is 0 Å². The van der Waals surface area contributed by atoms with Crippen LogP contribution in [0.15, 0.2) is 341 Å². The van der Waals surface area contributed by atoms with E-state index in [-0.39, 0.29) is 0 Å². The van der Waals surface area contributed by atoms with Crippen LogP contribution in [-0.2, 0) is 5.41 Å². The van der Waals surface area contributed by atoms with Crippen molar-refractivity contribution in [2.24, 2.45) is 0 Å². The first kappa shape index (κ1) is 52.4. The fourth-order valence-corrected chi connectivity index (χ4v) is 23.9. The van der Waals surface area contributed by atoms with Gasteiger partial charge < -0.3 is 0 Å². The van der Waals surface area contributed by atoms with E-state index in [4.69, 9.17) is 12.6 Å². The molecule has 0 aromatic heterocycles. The number of hydrogen-bond acceptors (Lipinski definition) is 0. The lowest BCUT2D eigenvalue weighted by Crippen LogP contribution is -2.33. The molecular weight excluding hydrogens is 1050 g/mol. The second kappa shape index (κ2) is 21.8. The summed E-state index contributed by atoms with van der Waals surface area (Å²) in [4.78, 5) is 3.97. The quantitative estimate of drug-likeness (QED) is 0.107. The molecule has 1 spiro atoms. The van der Waals surface area contributed by atoms with Crippen molar-refractivity contribution in [3.05, 3.63) is 349 Å². The predicted molar refractivity (Wildman–Crippen MR) is 361 cm³/mol. The Morgan fingerprint density at radius 3 is 1.27 bits per heavy atom. The van der Waals surface area contributed by atoms with Crippen LogP contribution in [0.2, 0.25) is 0 Å². The van der Waals surface area contributed by atoms with Gasteiger partial charge in [-0.15, -0.1) is 0 Å². The third kappa shape index (κ3) is 8.91. The van der Waals surface area contributed by atoms with Gasteiger partial charge in [0.1, 0.15) is 0 Å². The van der Waals surface area contributed by atoms with Gasteiger partial charge in [0.15, 0.2) is 0 Å². The number of fused-ring (bicyclic) bond motifs is 7. The van der Waals surface area contributed by atoms with Crippen LogP contribution in [0.1, 0.15) is 29.2 Å². The second-order valence-corrected chi connectivity index (χ2v) is 33.1. The Morgan fingerprint density at radius 1 is 0.370 bits per heavy atom. The van der Waals surface area contributed by atoms with E-state index in [9.17, 15) is 0 Å². The first-order valence-electron chi connectivity index (χ1n) is 27.7. The Hall–Kier alpha value is -7.98. The molecule has 0 aliphatic heterocycles. The largest absolute Gasteiger partial charge is 0.163 e. The summed E-state index contributed by atoms with van der Waals surface area (Å²) in [5.74, 6) is 0. The Kier molecular flexibility index (Phi) is 14.1. The van der Waals surface area contributed by atoms with Crippen molar-refractivity contribution in [3.63, 3.8) is 0 Å². The van der Waals surface area contributed by atoms with Crippen LogP contribution in [0, 0.1) is 0 Å². The van der Waals surface area contributed by atoms with Gasteiger partial charge in [0.2, 0.25) is 0 Å². The maximum Gasteiger partial charge on any atom is 0.0680 e. The van der Waals surface area contributed by atoms with E-state index in [1.807, 2.05) is 0 Å². The smallest absolute Gasteiger partial charge is 0.0680 e. The Bertz CT molecular complexity index is 4100. The third-order valence-electron chi connectivity index (χ3n) is 16.9. The molecule has 11 aromatic carbocycles. The molecule has 0 nitrogen and oxygen atoms in total. The summed E-state index contributed by atoms with van der Waals surface area (Å²) in [6, 6.07) is 112. The van der Waals surface area contributed by atoms with Gasteiger partial charge in [0, 0.05) is 0 Å². The predicted octanol–water partition coefficient (Wildman–Crippen LogP) is 16.4. The van der Waals surface area contributed by atoms with E-state index in [2.05, 4.69) is 335 Å². The molecule has 392 valence electrons. The van der Waals surface area contributed by atoms with E-state index < -0.39 is 37.1 Å². The van der Waals surface area contributed by atoms with Crippen molar-refractivity contribution in [3.8, 4) is 11.1 Å². The first-order chi connectivity index (χ1) is 39.7. The average molecular weight is 1110 g/mol. The molecule has 0 saturated heterocycles. The molecule has 2 aliphatic rings. The van der Waals surface area contributed by atoms with Crippen molar-refractivity contribution in [1.82, 2.24) is 0 Å². The van der Waals surface area contributed by atoms with Gasteiger partial charge in [-0.1, -0.05) is 291 Å². The summed E-state index contributed by atoms with van der Waals surface area (Å²) in [5.41, 5.74) is 7.95. The van der Waals surface area contributed by atoms with Gasteiger partial charge in [-0.25, -0.2) is 0 Å². The van der Waals surface area contributed by atoms with Crippen molar-refractivity contribution in [2.75, 3.05) is 6.26 Å². The molecule has 0 N–H and O–H groups in total. The normalized spacial score (nSPS) is 16.8. The van der Waals surface area contributed by atoms with E-state index in [1.165, 1.54) is 101 Å². The van der Waals surface area contributed by atoms with Crippen LogP contribution < -0.4 is 42.4 Å². The minimum absolute atomic E-state index is 0.825. The van der Waals surface area contributed by atoms with Crippen molar-refractivity contribution >= 4 is 92.8 Å². The average Bonchev–Trinajstić information content (AvgIpc) is 3.19. The Labute approximate surface area is 482 Å². The summed E-state index contributed by atoms with van der Waals surface area (Å²) < 4.78 is 0. The summed E-state index contributed by atoms with van der Waals surface area (Å²) in [6.07, 6.45) is 23.0. The second-order valence-electron chi connectivity index (χ2n) is 21.2. The summed E-state index contributed by atoms with van der Waals surface area (Å²) in [5, 5.41) is 11.4. The molecule has 13 rings (SSSR count). The number of hydrogen-bond donors (Lipinski definition) is 0. The van der Waals surface area contributed by atoms with Crippen molar-refractivity contribution in [2.45, 2.75) is 27.0 Å². The highest BCUT2D eigenvalue weighted by Gasteiger charge is 2.49. The monoisotopic (exact) mass is 1110 g/mol. The van der Waals surface area contributed by atoms with Crippen LogP contribution >= 0.6 is 31.7 Å². The zero-order chi connectivity index (χ0) is 55.0. The van der Waals surface area contributed by atoms with Gasteiger partial charge >= 0.3 is 0 Å². The summed E-state index contributed by atoms with van der Waals surface area (Å²) >= 11 is 0. The highest BCUT2D eigenvalue weighted by atomic mass is 32.3. The summed E-state index contributed by atoms with van der Waals surface area (Å²) in [6.45, 7) is -2.59. The third-order valence-corrected chi connectivity index (χ3v) is 30.0. The van der Waals surface area contributed by atoms with Crippen LogP contribution in [0.25, 0.3) is 17.2 Å². The van der Waals surface area contributed by atoms with Gasteiger partial charge in [-0.05, 0) is 179 Å². The zero-order valence-corrected chi connectivity index (χ0v) is 49.3.